The fraction of sp³-hybridized carbons (Fsp3) is 0.412. The SMILES string of the molecule is CN(Cc1cc(F)ccc1C#N)C[C@@H]1CCc2nccn2C1. The van der Waals surface area contributed by atoms with Crippen molar-refractivity contribution in [2.24, 2.45) is 5.92 Å². The third-order valence-corrected chi connectivity index (χ3v) is 4.23. The van der Waals surface area contributed by atoms with Crippen LogP contribution in [0.5, 0.6) is 0 Å². The van der Waals surface area contributed by atoms with Gasteiger partial charge >= 0.3 is 0 Å². The minimum atomic E-state index is -0.289. The van der Waals surface area contributed by atoms with Crippen LogP contribution in [0.2, 0.25) is 0 Å². The highest BCUT2D eigenvalue weighted by atomic mass is 19.1. The van der Waals surface area contributed by atoms with Crippen LogP contribution >= 0.6 is 0 Å². The lowest BCUT2D eigenvalue weighted by molar-refractivity contribution is 0.228. The summed E-state index contributed by atoms with van der Waals surface area (Å²) in [4.78, 5) is 6.51. The molecule has 0 aliphatic carbocycles. The van der Waals surface area contributed by atoms with Crippen LogP contribution in [0.15, 0.2) is 30.6 Å². The second kappa shape index (κ2) is 6.29. The van der Waals surface area contributed by atoms with Gasteiger partial charge in [-0.25, -0.2) is 9.37 Å². The first-order chi connectivity index (χ1) is 10.7. The monoisotopic (exact) mass is 298 g/mol. The van der Waals surface area contributed by atoms with E-state index in [4.69, 9.17) is 5.26 Å². The lowest BCUT2D eigenvalue weighted by Gasteiger charge is -2.28. The van der Waals surface area contributed by atoms with Crippen molar-refractivity contribution in [3.05, 3.63) is 53.4 Å². The second-order valence-corrected chi connectivity index (χ2v) is 6.01. The van der Waals surface area contributed by atoms with Crippen LogP contribution in [0.25, 0.3) is 0 Å². The molecule has 1 aromatic heterocycles. The molecule has 22 heavy (non-hydrogen) atoms. The van der Waals surface area contributed by atoms with Crippen LogP contribution in [-0.4, -0.2) is 28.0 Å². The molecule has 1 atom stereocenters. The van der Waals surface area contributed by atoms with Gasteiger partial charge in [0.2, 0.25) is 0 Å². The first kappa shape index (κ1) is 14.7. The van der Waals surface area contributed by atoms with Crippen LogP contribution in [0, 0.1) is 23.1 Å². The number of rotatable bonds is 4. The maximum atomic E-state index is 13.4. The van der Waals surface area contributed by atoms with Gasteiger partial charge in [0.05, 0.1) is 11.6 Å². The predicted octanol–water partition coefficient (Wildman–Crippen LogP) is 2.59. The summed E-state index contributed by atoms with van der Waals surface area (Å²) in [5, 5.41) is 9.13. The van der Waals surface area contributed by atoms with Crippen LogP contribution in [0.4, 0.5) is 4.39 Å². The van der Waals surface area contributed by atoms with E-state index in [0.717, 1.165) is 37.3 Å². The molecule has 2 heterocycles. The maximum Gasteiger partial charge on any atom is 0.123 e. The van der Waals surface area contributed by atoms with Crippen molar-refractivity contribution < 1.29 is 4.39 Å². The Bertz CT molecular complexity index is 701. The average molecular weight is 298 g/mol. The van der Waals surface area contributed by atoms with Crippen LogP contribution in [0.3, 0.4) is 0 Å². The average Bonchev–Trinajstić information content (AvgIpc) is 2.95. The summed E-state index contributed by atoms with van der Waals surface area (Å²) >= 11 is 0. The van der Waals surface area contributed by atoms with Crippen molar-refractivity contribution in [3.63, 3.8) is 0 Å². The predicted molar refractivity (Wildman–Crippen MR) is 81.5 cm³/mol. The number of aromatic nitrogens is 2. The molecule has 0 amide bonds. The highest BCUT2D eigenvalue weighted by molar-refractivity contribution is 5.37. The fourth-order valence-corrected chi connectivity index (χ4v) is 3.18. The van der Waals surface area contributed by atoms with Crippen LogP contribution in [0.1, 0.15) is 23.4 Å². The lowest BCUT2D eigenvalue weighted by atomic mass is 9.98. The van der Waals surface area contributed by atoms with Gasteiger partial charge in [0, 0.05) is 38.4 Å². The summed E-state index contributed by atoms with van der Waals surface area (Å²) in [7, 11) is 2.02. The van der Waals surface area contributed by atoms with Crippen molar-refractivity contribution in [1.29, 1.82) is 5.26 Å². The van der Waals surface area contributed by atoms with E-state index in [-0.39, 0.29) is 5.82 Å². The molecule has 0 radical (unpaired) electrons. The van der Waals surface area contributed by atoms with Crippen molar-refractivity contribution in [1.82, 2.24) is 14.5 Å². The molecule has 2 aromatic rings. The highest BCUT2D eigenvalue weighted by Crippen LogP contribution is 2.20. The van der Waals surface area contributed by atoms with Gasteiger partial charge in [-0.05, 0) is 43.1 Å². The molecular formula is C17H19FN4. The number of halogens is 1. The molecule has 4 nitrogen and oxygen atoms in total. The highest BCUT2D eigenvalue weighted by Gasteiger charge is 2.20. The van der Waals surface area contributed by atoms with Gasteiger partial charge in [-0.2, -0.15) is 5.26 Å². The summed E-state index contributed by atoms with van der Waals surface area (Å²) < 4.78 is 15.6. The third kappa shape index (κ3) is 3.18. The summed E-state index contributed by atoms with van der Waals surface area (Å²) in [6, 6.07) is 6.49. The summed E-state index contributed by atoms with van der Waals surface area (Å²) in [5.41, 5.74) is 1.30. The zero-order valence-electron chi connectivity index (χ0n) is 12.7. The number of hydrogen-bond acceptors (Lipinski definition) is 3. The van der Waals surface area contributed by atoms with Crippen molar-refractivity contribution in [2.45, 2.75) is 25.9 Å². The molecule has 0 N–H and O–H groups in total. The Labute approximate surface area is 129 Å². The molecule has 1 aliphatic heterocycles. The number of aryl methyl sites for hydroxylation is 1. The Morgan fingerprint density at radius 1 is 1.50 bits per heavy atom. The Balaban J connectivity index is 1.63. The zero-order chi connectivity index (χ0) is 15.5. The Hall–Kier alpha value is -2.19. The van der Waals surface area contributed by atoms with E-state index in [1.54, 1.807) is 6.07 Å². The van der Waals surface area contributed by atoms with E-state index in [1.807, 2.05) is 19.4 Å². The van der Waals surface area contributed by atoms with E-state index >= 15 is 0 Å². The molecular weight excluding hydrogens is 279 g/mol. The Morgan fingerprint density at radius 2 is 2.36 bits per heavy atom. The number of fused-ring (bicyclic) bond motifs is 1. The van der Waals surface area contributed by atoms with E-state index in [1.165, 1.54) is 12.1 Å². The molecule has 1 aliphatic rings. The standard InChI is InChI=1S/C17H19FN4/c1-21(12-15-8-16(18)4-3-14(15)9-19)10-13-2-5-17-20-6-7-22(17)11-13/h3-4,6-8,13H,2,5,10-12H2,1H3/t13-/m0/s1. The quantitative estimate of drug-likeness (QED) is 0.871. The normalized spacial score (nSPS) is 17.3. The van der Waals surface area contributed by atoms with Gasteiger partial charge in [-0.15, -0.1) is 0 Å². The summed E-state index contributed by atoms with van der Waals surface area (Å²) in [6.45, 7) is 2.50. The Kier molecular flexibility index (Phi) is 4.21. The van der Waals surface area contributed by atoms with Crippen molar-refractivity contribution >= 4 is 0 Å². The largest absolute Gasteiger partial charge is 0.335 e. The molecule has 0 bridgehead atoms. The molecule has 0 unspecified atom stereocenters. The van der Waals surface area contributed by atoms with Gasteiger partial charge in [0.25, 0.3) is 0 Å². The molecule has 1 aromatic carbocycles. The van der Waals surface area contributed by atoms with Gasteiger partial charge < -0.3 is 9.47 Å². The second-order valence-electron chi connectivity index (χ2n) is 6.01. The summed E-state index contributed by atoms with van der Waals surface area (Å²) in [6.07, 6.45) is 6.01. The molecule has 0 fully saturated rings. The topological polar surface area (TPSA) is 44.9 Å². The minimum absolute atomic E-state index is 0.289. The lowest BCUT2D eigenvalue weighted by Crippen LogP contribution is -2.31. The molecule has 0 spiro atoms. The number of nitrogens with zero attached hydrogens (tertiary/aromatic N) is 4. The number of nitriles is 1. The maximum absolute atomic E-state index is 13.4. The molecule has 0 saturated heterocycles. The van der Waals surface area contributed by atoms with Gasteiger partial charge in [0.1, 0.15) is 11.6 Å². The van der Waals surface area contributed by atoms with Gasteiger partial charge in [-0.1, -0.05) is 0 Å². The summed E-state index contributed by atoms with van der Waals surface area (Å²) in [5.74, 6) is 1.43. The number of hydrogen-bond donors (Lipinski definition) is 0. The van der Waals surface area contributed by atoms with E-state index in [2.05, 4.69) is 20.5 Å². The smallest absolute Gasteiger partial charge is 0.123 e. The molecule has 0 saturated carbocycles. The van der Waals surface area contributed by atoms with E-state index in [0.29, 0.717) is 18.0 Å². The van der Waals surface area contributed by atoms with E-state index in [9.17, 15) is 4.39 Å². The Morgan fingerprint density at radius 3 is 3.18 bits per heavy atom. The van der Waals surface area contributed by atoms with Gasteiger partial charge in [0.15, 0.2) is 0 Å². The number of imidazole rings is 1. The zero-order valence-corrected chi connectivity index (χ0v) is 12.7. The number of benzene rings is 1. The van der Waals surface area contributed by atoms with Crippen LogP contribution in [-0.2, 0) is 19.5 Å². The van der Waals surface area contributed by atoms with Crippen molar-refractivity contribution in [3.8, 4) is 6.07 Å². The van der Waals surface area contributed by atoms with E-state index < -0.39 is 0 Å². The molecule has 3 rings (SSSR count). The van der Waals surface area contributed by atoms with Crippen LogP contribution < -0.4 is 0 Å². The molecule has 114 valence electrons. The van der Waals surface area contributed by atoms with Crippen molar-refractivity contribution in [2.75, 3.05) is 13.6 Å². The minimum Gasteiger partial charge on any atom is -0.335 e. The first-order valence-electron chi connectivity index (χ1n) is 7.53. The molecule has 5 heteroatoms. The van der Waals surface area contributed by atoms with Gasteiger partial charge in [-0.3, -0.25) is 0 Å². The fourth-order valence-electron chi connectivity index (χ4n) is 3.18. The third-order valence-electron chi connectivity index (χ3n) is 4.23. The first-order valence-corrected chi connectivity index (χ1v) is 7.53.